The standard InChI is InChI=1S/C54H104O6/c1-5-7-9-11-13-15-17-26-29-33-37-41-45-52(55)58-48-51(60-54(57)47-43-39-35-31-24-16-14-12-10-8-6-2)49-59-53(56)46-42-38-34-30-27-23-21-19-18-20-22-25-28-32-36-40-44-50(3)4/h50-51H,5-49H2,1-4H3/t51-/m0/s1. The van der Waals surface area contributed by atoms with Crippen LogP contribution in [-0.4, -0.2) is 37.2 Å². The first kappa shape index (κ1) is 58.4. The number of carbonyl (C=O) groups is 3. The molecule has 0 aromatic carbocycles. The molecule has 0 aliphatic carbocycles. The number of hydrogen-bond acceptors (Lipinski definition) is 6. The van der Waals surface area contributed by atoms with Crippen molar-refractivity contribution in [3.63, 3.8) is 0 Å². The summed E-state index contributed by atoms with van der Waals surface area (Å²) in [5, 5.41) is 0. The van der Waals surface area contributed by atoms with Gasteiger partial charge in [-0.15, -0.1) is 0 Å². The molecule has 0 aromatic heterocycles. The molecular formula is C54H104O6. The predicted octanol–water partition coefficient (Wildman–Crippen LogP) is 17.5. The number of carbonyl (C=O) groups excluding carboxylic acids is 3. The van der Waals surface area contributed by atoms with Gasteiger partial charge in [0.2, 0.25) is 0 Å². The van der Waals surface area contributed by atoms with E-state index in [2.05, 4.69) is 27.7 Å². The van der Waals surface area contributed by atoms with Gasteiger partial charge in [0.1, 0.15) is 13.2 Å². The van der Waals surface area contributed by atoms with Crippen molar-refractivity contribution in [2.45, 2.75) is 310 Å². The van der Waals surface area contributed by atoms with Gasteiger partial charge in [-0.1, -0.05) is 265 Å². The maximum atomic E-state index is 12.8. The second-order valence-electron chi connectivity index (χ2n) is 19.0. The highest BCUT2D eigenvalue weighted by atomic mass is 16.6. The van der Waals surface area contributed by atoms with Gasteiger partial charge in [-0.05, 0) is 25.2 Å². The van der Waals surface area contributed by atoms with Crippen LogP contribution in [0, 0.1) is 5.92 Å². The van der Waals surface area contributed by atoms with E-state index in [9.17, 15) is 14.4 Å². The monoisotopic (exact) mass is 849 g/mol. The van der Waals surface area contributed by atoms with Crippen LogP contribution in [0.15, 0.2) is 0 Å². The maximum Gasteiger partial charge on any atom is 0.306 e. The van der Waals surface area contributed by atoms with Crippen LogP contribution in [0.1, 0.15) is 304 Å². The maximum absolute atomic E-state index is 12.8. The number of esters is 3. The molecule has 0 unspecified atom stereocenters. The Kier molecular flexibility index (Phi) is 47.2. The lowest BCUT2D eigenvalue weighted by Crippen LogP contribution is -2.30. The first-order chi connectivity index (χ1) is 29.4. The van der Waals surface area contributed by atoms with Crippen molar-refractivity contribution in [1.82, 2.24) is 0 Å². The summed E-state index contributed by atoms with van der Waals surface area (Å²) in [6.07, 6.45) is 50.9. The van der Waals surface area contributed by atoms with Gasteiger partial charge in [0.05, 0.1) is 0 Å². The molecule has 0 aliphatic heterocycles. The van der Waals surface area contributed by atoms with Gasteiger partial charge in [-0.25, -0.2) is 0 Å². The topological polar surface area (TPSA) is 78.9 Å². The lowest BCUT2D eigenvalue weighted by atomic mass is 10.0. The molecule has 0 spiro atoms. The zero-order valence-electron chi connectivity index (χ0n) is 40.9. The average molecular weight is 849 g/mol. The third-order valence-electron chi connectivity index (χ3n) is 12.3. The van der Waals surface area contributed by atoms with Crippen LogP contribution in [0.25, 0.3) is 0 Å². The van der Waals surface area contributed by atoms with E-state index in [0.29, 0.717) is 19.3 Å². The van der Waals surface area contributed by atoms with Crippen molar-refractivity contribution >= 4 is 17.9 Å². The van der Waals surface area contributed by atoms with Crippen molar-refractivity contribution < 1.29 is 28.6 Å². The fraction of sp³-hybridized carbons (Fsp3) is 0.944. The Labute approximate surface area is 374 Å². The molecule has 0 saturated carbocycles. The third kappa shape index (κ3) is 47.5. The highest BCUT2D eigenvalue weighted by molar-refractivity contribution is 5.71. The lowest BCUT2D eigenvalue weighted by molar-refractivity contribution is -0.167. The molecule has 1 atom stereocenters. The van der Waals surface area contributed by atoms with Crippen molar-refractivity contribution in [1.29, 1.82) is 0 Å². The molecule has 356 valence electrons. The molecule has 0 amide bonds. The summed E-state index contributed by atoms with van der Waals surface area (Å²) >= 11 is 0. The Bertz CT molecular complexity index is 903. The summed E-state index contributed by atoms with van der Waals surface area (Å²) in [6.45, 7) is 9.04. The van der Waals surface area contributed by atoms with E-state index in [4.69, 9.17) is 14.2 Å². The van der Waals surface area contributed by atoms with Crippen LogP contribution < -0.4 is 0 Å². The molecule has 6 heteroatoms. The summed E-state index contributed by atoms with van der Waals surface area (Å²) in [5.41, 5.74) is 0. The minimum Gasteiger partial charge on any atom is -0.462 e. The van der Waals surface area contributed by atoms with E-state index < -0.39 is 6.10 Å². The number of unbranched alkanes of at least 4 members (excludes halogenated alkanes) is 36. The highest BCUT2D eigenvalue weighted by Crippen LogP contribution is 2.17. The van der Waals surface area contributed by atoms with Gasteiger partial charge in [-0.3, -0.25) is 14.4 Å². The Balaban J connectivity index is 4.23. The van der Waals surface area contributed by atoms with E-state index in [1.807, 2.05) is 0 Å². The average Bonchev–Trinajstić information content (AvgIpc) is 3.23. The molecule has 0 bridgehead atoms. The number of hydrogen-bond donors (Lipinski definition) is 0. The van der Waals surface area contributed by atoms with Crippen molar-refractivity contribution in [3.8, 4) is 0 Å². The Morgan fingerprint density at radius 3 is 0.817 bits per heavy atom. The summed E-state index contributed by atoms with van der Waals surface area (Å²) in [7, 11) is 0. The van der Waals surface area contributed by atoms with E-state index in [1.165, 1.54) is 199 Å². The van der Waals surface area contributed by atoms with Crippen LogP contribution in [0.5, 0.6) is 0 Å². The van der Waals surface area contributed by atoms with Crippen molar-refractivity contribution in [2.75, 3.05) is 13.2 Å². The molecule has 60 heavy (non-hydrogen) atoms. The zero-order valence-corrected chi connectivity index (χ0v) is 40.9. The molecule has 0 fully saturated rings. The molecule has 0 heterocycles. The zero-order chi connectivity index (χ0) is 43.8. The summed E-state index contributed by atoms with van der Waals surface area (Å²) in [6, 6.07) is 0. The smallest absolute Gasteiger partial charge is 0.306 e. The molecule has 0 N–H and O–H groups in total. The molecule has 6 nitrogen and oxygen atoms in total. The SMILES string of the molecule is CCCCCCCCCCCCCCC(=O)OC[C@@H](COC(=O)CCCCCCCCCCCCCCCCCCC(C)C)OC(=O)CCCCCCCCCCCCC. The molecule has 0 radical (unpaired) electrons. The number of rotatable bonds is 49. The summed E-state index contributed by atoms with van der Waals surface area (Å²) in [4.78, 5) is 37.9. The fourth-order valence-electron chi connectivity index (χ4n) is 8.22. The van der Waals surface area contributed by atoms with E-state index in [1.54, 1.807) is 0 Å². The first-order valence-corrected chi connectivity index (χ1v) is 26.9. The first-order valence-electron chi connectivity index (χ1n) is 26.9. The van der Waals surface area contributed by atoms with Gasteiger partial charge in [0.15, 0.2) is 6.10 Å². The lowest BCUT2D eigenvalue weighted by Gasteiger charge is -2.18. The fourth-order valence-corrected chi connectivity index (χ4v) is 8.22. The second-order valence-corrected chi connectivity index (χ2v) is 19.0. The normalized spacial score (nSPS) is 11.9. The Morgan fingerprint density at radius 1 is 0.317 bits per heavy atom. The van der Waals surface area contributed by atoms with Crippen molar-refractivity contribution in [2.24, 2.45) is 5.92 Å². The minimum absolute atomic E-state index is 0.0623. The second kappa shape index (κ2) is 48.4. The van der Waals surface area contributed by atoms with Crippen LogP contribution >= 0.6 is 0 Å². The number of ether oxygens (including phenoxy) is 3. The third-order valence-corrected chi connectivity index (χ3v) is 12.3. The van der Waals surface area contributed by atoms with Gasteiger partial charge in [-0.2, -0.15) is 0 Å². The molecule has 0 rings (SSSR count). The van der Waals surface area contributed by atoms with Crippen LogP contribution in [0.2, 0.25) is 0 Å². The molecule has 0 aliphatic rings. The molecular weight excluding hydrogens is 745 g/mol. The van der Waals surface area contributed by atoms with Gasteiger partial charge in [0.25, 0.3) is 0 Å². The van der Waals surface area contributed by atoms with E-state index in [-0.39, 0.29) is 31.1 Å². The van der Waals surface area contributed by atoms with E-state index >= 15 is 0 Å². The van der Waals surface area contributed by atoms with Crippen molar-refractivity contribution in [3.05, 3.63) is 0 Å². The van der Waals surface area contributed by atoms with Gasteiger partial charge >= 0.3 is 17.9 Å². The van der Waals surface area contributed by atoms with Crippen LogP contribution in [0.4, 0.5) is 0 Å². The largest absolute Gasteiger partial charge is 0.462 e. The van der Waals surface area contributed by atoms with Crippen LogP contribution in [-0.2, 0) is 28.6 Å². The summed E-state index contributed by atoms with van der Waals surface area (Å²) in [5.74, 6) is 0.0107. The molecule has 0 saturated heterocycles. The van der Waals surface area contributed by atoms with Gasteiger partial charge in [0, 0.05) is 19.3 Å². The minimum atomic E-state index is -0.760. The van der Waals surface area contributed by atoms with Crippen LogP contribution in [0.3, 0.4) is 0 Å². The summed E-state index contributed by atoms with van der Waals surface area (Å²) < 4.78 is 16.8. The van der Waals surface area contributed by atoms with Gasteiger partial charge < -0.3 is 14.2 Å². The Hall–Kier alpha value is -1.59. The molecule has 0 aromatic rings. The Morgan fingerprint density at radius 2 is 0.550 bits per heavy atom. The highest BCUT2D eigenvalue weighted by Gasteiger charge is 2.19. The predicted molar refractivity (Wildman–Crippen MR) is 257 cm³/mol. The van der Waals surface area contributed by atoms with E-state index in [0.717, 1.165) is 63.7 Å². The quantitative estimate of drug-likeness (QED) is 0.0345.